The number of pyridine rings is 1. The van der Waals surface area contributed by atoms with Gasteiger partial charge in [-0.2, -0.15) is 0 Å². The van der Waals surface area contributed by atoms with Gasteiger partial charge < -0.3 is 19.3 Å². The SMILES string of the molecule is COC(CO)CCn1c2cccnc2c2c(N(C)C)ncnc21. The lowest BCUT2D eigenvalue weighted by molar-refractivity contribution is 0.0407. The van der Waals surface area contributed by atoms with E-state index in [1.54, 1.807) is 19.6 Å². The first-order valence-electron chi connectivity index (χ1n) is 7.56. The first kappa shape index (κ1) is 15.6. The summed E-state index contributed by atoms with van der Waals surface area (Å²) in [5.74, 6) is 0.850. The average molecular weight is 315 g/mol. The van der Waals surface area contributed by atoms with E-state index in [4.69, 9.17) is 4.74 Å². The van der Waals surface area contributed by atoms with E-state index in [2.05, 4.69) is 19.5 Å². The summed E-state index contributed by atoms with van der Waals surface area (Å²) in [5.41, 5.74) is 2.76. The van der Waals surface area contributed by atoms with Crippen molar-refractivity contribution in [1.29, 1.82) is 0 Å². The Morgan fingerprint density at radius 2 is 2.13 bits per heavy atom. The highest BCUT2D eigenvalue weighted by Crippen LogP contribution is 2.31. The molecule has 0 aliphatic carbocycles. The van der Waals surface area contributed by atoms with E-state index >= 15 is 0 Å². The van der Waals surface area contributed by atoms with Gasteiger partial charge in [0.2, 0.25) is 0 Å². The zero-order chi connectivity index (χ0) is 16.4. The molecule has 0 amide bonds. The van der Waals surface area contributed by atoms with Gasteiger partial charge >= 0.3 is 0 Å². The number of hydrogen-bond acceptors (Lipinski definition) is 6. The third kappa shape index (κ3) is 2.73. The summed E-state index contributed by atoms with van der Waals surface area (Å²) >= 11 is 0. The van der Waals surface area contributed by atoms with Crippen molar-refractivity contribution in [2.45, 2.75) is 19.1 Å². The van der Waals surface area contributed by atoms with E-state index in [0.717, 1.165) is 27.9 Å². The van der Waals surface area contributed by atoms with Crippen molar-refractivity contribution in [3.63, 3.8) is 0 Å². The molecule has 0 bridgehead atoms. The molecule has 1 unspecified atom stereocenters. The summed E-state index contributed by atoms with van der Waals surface area (Å²) in [7, 11) is 5.53. The fourth-order valence-electron chi connectivity index (χ4n) is 2.83. The van der Waals surface area contributed by atoms with Crippen molar-refractivity contribution < 1.29 is 9.84 Å². The lowest BCUT2D eigenvalue weighted by Gasteiger charge is -2.14. The highest BCUT2D eigenvalue weighted by Gasteiger charge is 2.18. The minimum atomic E-state index is -0.186. The molecule has 0 aromatic carbocycles. The normalized spacial score (nSPS) is 12.9. The van der Waals surface area contributed by atoms with Crippen LogP contribution in [0.1, 0.15) is 6.42 Å². The highest BCUT2D eigenvalue weighted by molar-refractivity contribution is 6.09. The van der Waals surface area contributed by atoms with Crippen LogP contribution in [0.3, 0.4) is 0 Å². The summed E-state index contributed by atoms with van der Waals surface area (Å²) < 4.78 is 7.38. The first-order chi connectivity index (χ1) is 11.2. The number of methoxy groups -OCH3 is 1. The summed E-state index contributed by atoms with van der Waals surface area (Å²) in [6, 6.07) is 3.95. The quantitative estimate of drug-likeness (QED) is 0.742. The molecule has 23 heavy (non-hydrogen) atoms. The van der Waals surface area contributed by atoms with Gasteiger partial charge in [0, 0.05) is 33.9 Å². The second kappa shape index (κ2) is 6.47. The van der Waals surface area contributed by atoms with Crippen molar-refractivity contribution in [3.05, 3.63) is 24.7 Å². The van der Waals surface area contributed by atoms with Crippen molar-refractivity contribution >= 4 is 27.9 Å². The predicted octanol–water partition coefficient (Wildman–Crippen LogP) is 1.44. The van der Waals surface area contributed by atoms with Crippen LogP contribution in [0.15, 0.2) is 24.7 Å². The molecule has 0 aliphatic heterocycles. The number of aliphatic hydroxyl groups is 1. The zero-order valence-corrected chi connectivity index (χ0v) is 13.6. The van der Waals surface area contributed by atoms with Crippen LogP contribution in [-0.2, 0) is 11.3 Å². The van der Waals surface area contributed by atoms with Crippen LogP contribution in [0.2, 0.25) is 0 Å². The van der Waals surface area contributed by atoms with E-state index in [0.29, 0.717) is 13.0 Å². The van der Waals surface area contributed by atoms with E-state index in [-0.39, 0.29) is 12.7 Å². The molecule has 122 valence electrons. The molecule has 0 saturated carbocycles. The zero-order valence-electron chi connectivity index (χ0n) is 13.6. The van der Waals surface area contributed by atoms with Crippen molar-refractivity contribution in [2.24, 2.45) is 0 Å². The Labute approximate surface area is 134 Å². The molecule has 0 saturated heterocycles. The molecular weight excluding hydrogens is 294 g/mol. The molecule has 3 rings (SSSR count). The molecule has 3 aromatic heterocycles. The Bertz CT molecular complexity index is 811. The number of ether oxygens (including phenoxy) is 1. The number of fused-ring (bicyclic) bond motifs is 3. The average Bonchev–Trinajstić information content (AvgIpc) is 2.90. The number of aromatic nitrogens is 4. The second-order valence-electron chi connectivity index (χ2n) is 5.64. The van der Waals surface area contributed by atoms with Crippen molar-refractivity contribution in [3.8, 4) is 0 Å². The van der Waals surface area contributed by atoms with E-state index in [1.807, 2.05) is 31.1 Å². The molecule has 7 heteroatoms. The van der Waals surface area contributed by atoms with Gasteiger partial charge in [-0.15, -0.1) is 0 Å². The number of hydrogen-bond donors (Lipinski definition) is 1. The molecule has 0 radical (unpaired) electrons. The van der Waals surface area contributed by atoms with Gasteiger partial charge in [0.15, 0.2) is 0 Å². The highest BCUT2D eigenvalue weighted by atomic mass is 16.5. The van der Waals surface area contributed by atoms with Gasteiger partial charge in [-0.05, 0) is 18.6 Å². The fourth-order valence-corrected chi connectivity index (χ4v) is 2.83. The topological polar surface area (TPSA) is 76.3 Å². The van der Waals surface area contributed by atoms with Crippen molar-refractivity contribution in [2.75, 3.05) is 32.7 Å². The lowest BCUT2D eigenvalue weighted by atomic mass is 10.2. The van der Waals surface area contributed by atoms with Gasteiger partial charge in [0.05, 0.1) is 23.6 Å². The minimum Gasteiger partial charge on any atom is -0.394 e. The summed E-state index contributed by atoms with van der Waals surface area (Å²) in [6.45, 7) is 0.693. The number of nitrogens with zero attached hydrogens (tertiary/aromatic N) is 5. The van der Waals surface area contributed by atoms with E-state index < -0.39 is 0 Å². The Morgan fingerprint density at radius 3 is 2.83 bits per heavy atom. The Hall–Kier alpha value is -2.25. The van der Waals surface area contributed by atoms with Crippen LogP contribution >= 0.6 is 0 Å². The second-order valence-corrected chi connectivity index (χ2v) is 5.64. The number of rotatable bonds is 6. The maximum absolute atomic E-state index is 9.32. The third-order valence-electron chi connectivity index (χ3n) is 4.01. The maximum Gasteiger partial charge on any atom is 0.148 e. The van der Waals surface area contributed by atoms with Crippen molar-refractivity contribution in [1.82, 2.24) is 19.5 Å². The Balaban J connectivity index is 2.17. The third-order valence-corrected chi connectivity index (χ3v) is 4.01. The monoisotopic (exact) mass is 315 g/mol. The van der Waals surface area contributed by atoms with Gasteiger partial charge in [-0.1, -0.05) is 0 Å². The molecule has 1 N–H and O–H groups in total. The minimum absolute atomic E-state index is 0.00379. The van der Waals surface area contributed by atoms with Crippen LogP contribution < -0.4 is 4.90 Å². The van der Waals surface area contributed by atoms with Gasteiger partial charge in [0.25, 0.3) is 0 Å². The first-order valence-corrected chi connectivity index (χ1v) is 7.56. The Morgan fingerprint density at radius 1 is 1.30 bits per heavy atom. The smallest absolute Gasteiger partial charge is 0.148 e. The van der Waals surface area contributed by atoms with Crippen LogP contribution in [0.4, 0.5) is 5.82 Å². The Kier molecular flexibility index (Phi) is 4.40. The molecule has 0 spiro atoms. The molecule has 1 atom stereocenters. The fraction of sp³-hybridized carbons (Fsp3) is 0.438. The summed E-state index contributed by atoms with van der Waals surface area (Å²) in [6.07, 6.45) is 3.87. The molecule has 3 aromatic rings. The molecule has 7 nitrogen and oxygen atoms in total. The maximum atomic E-state index is 9.32. The van der Waals surface area contributed by atoms with Gasteiger partial charge in [0.1, 0.15) is 23.3 Å². The molecule has 0 aliphatic rings. The number of aryl methyl sites for hydroxylation is 1. The molecular formula is C16H21N5O2. The van der Waals surface area contributed by atoms with Crippen LogP contribution in [0.25, 0.3) is 22.1 Å². The van der Waals surface area contributed by atoms with E-state index in [9.17, 15) is 5.11 Å². The number of anilines is 1. The van der Waals surface area contributed by atoms with Crippen LogP contribution in [-0.4, -0.2) is 58.5 Å². The van der Waals surface area contributed by atoms with E-state index in [1.165, 1.54) is 0 Å². The van der Waals surface area contributed by atoms with Crippen LogP contribution in [0, 0.1) is 0 Å². The van der Waals surface area contributed by atoms with Gasteiger partial charge in [-0.3, -0.25) is 4.98 Å². The predicted molar refractivity (Wildman–Crippen MR) is 89.7 cm³/mol. The van der Waals surface area contributed by atoms with Gasteiger partial charge in [-0.25, -0.2) is 9.97 Å². The molecule has 3 heterocycles. The summed E-state index contributed by atoms with van der Waals surface area (Å²) in [4.78, 5) is 15.4. The van der Waals surface area contributed by atoms with Crippen LogP contribution in [0.5, 0.6) is 0 Å². The molecule has 0 fully saturated rings. The number of aliphatic hydroxyl groups excluding tert-OH is 1. The summed E-state index contributed by atoms with van der Waals surface area (Å²) in [5, 5.41) is 10.3. The lowest BCUT2D eigenvalue weighted by Crippen LogP contribution is -2.18. The largest absolute Gasteiger partial charge is 0.394 e. The standard InChI is InChI=1S/C16H21N5O2/c1-20(2)15-13-14-12(5-4-7-17-14)21(16(13)19-10-18-15)8-6-11(9-22)23-3/h4-5,7,10-11,22H,6,8-9H2,1-3H3.